The maximum Gasteiger partial charge on any atom is 0.193 e. The number of rotatable bonds is 4. The summed E-state index contributed by atoms with van der Waals surface area (Å²) in [5.74, 6) is -0.0361. The minimum Gasteiger partial charge on any atom is -0.379 e. The molecule has 4 heteroatoms. The van der Waals surface area contributed by atoms with E-state index in [4.69, 9.17) is 10.00 Å². The van der Waals surface area contributed by atoms with Crippen molar-refractivity contribution in [3.8, 4) is 6.07 Å². The number of carbonyl (C=O) groups is 1. The van der Waals surface area contributed by atoms with Gasteiger partial charge in [-0.2, -0.15) is 5.26 Å². The summed E-state index contributed by atoms with van der Waals surface area (Å²) in [4.78, 5) is 15.1. The van der Waals surface area contributed by atoms with Gasteiger partial charge < -0.3 is 4.74 Å². The third-order valence-corrected chi connectivity index (χ3v) is 4.01. The number of ketones is 1. The molecule has 0 aliphatic carbocycles. The molecule has 3 rings (SSSR count). The van der Waals surface area contributed by atoms with Gasteiger partial charge >= 0.3 is 0 Å². The van der Waals surface area contributed by atoms with E-state index in [1.807, 2.05) is 24.3 Å². The number of benzene rings is 2. The van der Waals surface area contributed by atoms with Crippen LogP contribution in [0.3, 0.4) is 0 Å². The normalized spacial score (nSPS) is 15.1. The van der Waals surface area contributed by atoms with Gasteiger partial charge in [0, 0.05) is 30.8 Å². The van der Waals surface area contributed by atoms with E-state index >= 15 is 0 Å². The number of hydrogen-bond donors (Lipinski definition) is 0. The van der Waals surface area contributed by atoms with Crippen LogP contribution in [0.25, 0.3) is 0 Å². The van der Waals surface area contributed by atoms with Crippen molar-refractivity contribution in [2.45, 2.75) is 6.54 Å². The first kappa shape index (κ1) is 15.4. The van der Waals surface area contributed by atoms with Gasteiger partial charge in [-0.15, -0.1) is 0 Å². The maximum atomic E-state index is 12.8. The molecule has 0 atom stereocenters. The fourth-order valence-electron chi connectivity index (χ4n) is 2.77. The summed E-state index contributed by atoms with van der Waals surface area (Å²) >= 11 is 0. The van der Waals surface area contributed by atoms with E-state index in [9.17, 15) is 4.79 Å². The first-order chi connectivity index (χ1) is 11.3. The van der Waals surface area contributed by atoms with E-state index in [0.29, 0.717) is 16.7 Å². The van der Waals surface area contributed by atoms with Crippen molar-refractivity contribution in [1.82, 2.24) is 4.90 Å². The van der Waals surface area contributed by atoms with Crippen molar-refractivity contribution >= 4 is 5.78 Å². The molecule has 0 unspecified atom stereocenters. The molecule has 0 saturated carbocycles. The second-order valence-corrected chi connectivity index (χ2v) is 5.57. The van der Waals surface area contributed by atoms with Crippen LogP contribution in [0, 0.1) is 11.3 Å². The van der Waals surface area contributed by atoms with Crippen molar-refractivity contribution in [3.63, 3.8) is 0 Å². The molecule has 23 heavy (non-hydrogen) atoms. The molecule has 0 radical (unpaired) electrons. The van der Waals surface area contributed by atoms with Gasteiger partial charge in [0.2, 0.25) is 0 Å². The molecule has 0 spiro atoms. The van der Waals surface area contributed by atoms with E-state index in [1.165, 1.54) is 0 Å². The van der Waals surface area contributed by atoms with Crippen LogP contribution in [0.2, 0.25) is 0 Å². The Bertz CT molecular complexity index is 743. The average molecular weight is 306 g/mol. The lowest BCUT2D eigenvalue weighted by Gasteiger charge is -2.27. The van der Waals surface area contributed by atoms with Crippen LogP contribution in [-0.4, -0.2) is 37.0 Å². The number of carbonyl (C=O) groups excluding carboxylic acids is 1. The van der Waals surface area contributed by atoms with Crippen molar-refractivity contribution in [2.75, 3.05) is 26.3 Å². The highest BCUT2D eigenvalue weighted by Crippen LogP contribution is 2.18. The third-order valence-electron chi connectivity index (χ3n) is 4.01. The number of morpholine rings is 1. The predicted molar refractivity (Wildman–Crippen MR) is 87.1 cm³/mol. The van der Waals surface area contributed by atoms with Gasteiger partial charge in [-0.1, -0.05) is 36.4 Å². The van der Waals surface area contributed by atoms with Crippen LogP contribution in [0.1, 0.15) is 27.0 Å². The summed E-state index contributed by atoms with van der Waals surface area (Å²) in [5.41, 5.74) is 2.77. The Kier molecular flexibility index (Phi) is 4.82. The van der Waals surface area contributed by atoms with Crippen LogP contribution in [0.5, 0.6) is 0 Å². The first-order valence-electron chi connectivity index (χ1n) is 7.71. The molecule has 116 valence electrons. The highest BCUT2D eigenvalue weighted by molar-refractivity contribution is 6.10. The molecule has 1 saturated heterocycles. The average Bonchev–Trinajstić information content (AvgIpc) is 2.62. The second kappa shape index (κ2) is 7.19. The molecule has 0 N–H and O–H groups in total. The van der Waals surface area contributed by atoms with Crippen LogP contribution in [0.4, 0.5) is 0 Å². The minimum absolute atomic E-state index is 0.0361. The zero-order chi connectivity index (χ0) is 16.1. The van der Waals surface area contributed by atoms with Crippen LogP contribution in [0.15, 0.2) is 48.5 Å². The van der Waals surface area contributed by atoms with Gasteiger partial charge in [0.25, 0.3) is 0 Å². The molecule has 0 bridgehead atoms. The summed E-state index contributed by atoms with van der Waals surface area (Å²) in [6, 6.07) is 16.6. The SMILES string of the molecule is N#Cc1cccc(C(=O)c2ccccc2CN2CCOCC2)c1. The zero-order valence-corrected chi connectivity index (χ0v) is 12.9. The van der Waals surface area contributed by atoms with E-state index in [2.05, 4.69) is 11.0 Å². The molecule has 0 aromatic heterocycles. The number of nitrogens with zero attached hydrogens (tertiary/aromatic N) is 2. The van der Waals surface area contributed by atoms with Gasteiger partial charge in [0.15, 0.2) is 5.78 Å². The molecule has 1 aliphatic rings. The van der Waals surface area contributed by atoms with Gasteiger partial charge in [-0.3, -0.25) is 9.69 Å². The molecule has 4 nitrogen and oxygen atoms in total. The summed E-state index contributed by atoms with van der Waals surface area (Å²) in [6.07, 6.45) is 0. The predicted octanol–water partition coefficient (Wildman–Crippen LogP) is 2.62. The second-order valence-electron chi connectivity index (χ2n) is 5.57. The van der Waals surface area contributed by atoms with Crippen molar-refractivity contribution in [3.05, 3.63) is 70.8 Å². The van der Waals surface area contributed by atoms with E-state index in [0.717, 1.165) is 38.4 Å². The molecule has 2 aromatic carbocycles. The largest absolute Gasteiger partial charge is 0.379 e. The lowest BCUT2D eigenvalue weighted by atomic mass is 9.97. The topological polar surface area (TPSA) is 53.3 Å². The maximum absolute atomic E-state index is 12.8. The zero-order valence-electron chi connectivity index (χ0n) is 12.9. The lowest BCUT2D eigenvalue weighted by molar-refractivity contribution is 0.0341. The van der Waals surface area contributed by atoms with E-state index in [-0.39, 0.29) is 5.78 Å². The minimum atomic E-state index is -0.0361. The van der Waals surface area contributed by atoms with Crippen molar-refractivity contribution in [2.24, 2.45) is 0 Å². The molecular weight excluding hydrogens is 288 g/mol. The van der Waals surface area contributed by atoms with Gasteiger partial charge in [0.05, 0.1) is 24.8 Å². The monoisotopic (exact) mass is 306 g/mol. The molecule has 0 amide bonds. The fourth-order valence-corrected chi connectivity index (χ4v) is 2.77. The molecular formula is C19H18N2O2. The van der Waals surface area contributed by atoms with E-state index < -0.39 is 0 Å². The fraction of sp³-hybridized carbons (Fsp3) is 0.263. The Balaban J connectivity index is 1.87. The van der Waals surface area contributed by atoms with Gasteiger partial charge in [-0.05, 0) is 17.7 Å². The Morgan fingerprint density at radius 3 is 2.70 bits per heavy atom. The molecule has 1 aliphatic heterocycles. The number of ether oxygens (including phenoxy) is 1. The van der Waals surface area contributed by atoms with Crippen LogP contribution in [-0.2, 0) is 11.3 Å². The first-order valence-corrected chi connectivity index (χ1v) is 7.71. The molecule has 1 heterocycles. The third kappa shape index (κ3) is 3.65. The lowest BCUT2D eigenvalue weighted by Crippen LogP contribution is -2.36. The number of nitriles is 1. The van der Waals surface area contributed by atoms with Crippen molar-refractivity contribution in [1.29, 1.82) is 5.26 Å². The van der Waals surface area contributed by atoms with Crippen molar-refractivity contribution < 1.29 is 9.53 Å². The Hall–Kier alpha value is -2.48. The quantitative estimate of drug-likeness (QED) is 0.815. The molecule has 1 fully saturated rings. The van der Waals surface area contributed by atoms with Crippen LogP contribution >= 0.6 is 0 Å². The highest BCUT2D eigenvalue weighted by atomic mass is 16.5. The smallest absolute Gasteiger partial charge is 0.193 e. The van der Waals surface area contributed by atoms with E-state index in [1.54, 1.807) is 24.3 Å². The molecule has 2 aromatic rings. The Morgan fingerprint density at radius 2 is 1.91 bits per heavy atom. The van der Waals surface area contributed by atoms with Gasteiger partial charge in [-0.25, -0.2) is 0 Å². The Labute approximate surface area is 135 Å². The Morgan fingerprint density at radius 1 is 1.13 bits per heavy atom. The number of hydrogen-bond acceptors (Lipinski definition) is 4. The summed E-state index contributed by atoms with van der Waals surface area (Å²) in [6.45, 7) is 3.97. The van der Waals surface area contributed by atoms with Crippen LogP contribution < -0.4 is 0 Å². The standard InChI is InChI=1S/C19H18N2O2/c20-13-15-4-3-6-16(12-15)19(22)18-7-2-1-5-17(18)14-21-8-10-23-11-9-21/h1-7,12H,8-11,14H2. The summed E-state index contributed by atoms with van der Waals surface area (Å²) < 4.78 is 5.37. The summed E-state index contributed by atoms with van der Waals surface area (Å²) in [5, 5.41) is 9.01. The highest BCUT2D eigenvalue weighted by Gasteiger charge is 2.17. The summed E-state index contributed by atoms with van der Waals surface area (Å²) in [7, 11) is 0. The van der Waals surface area contributed by atoms with Gasteiger partial charge in [0.1, 0.15) is 0 Å².